The number of piperazine rings is 1. The van der Waals surface area contributed by atoms with Gasteiger partial charge in [-0.25, -0.2) is 0 Å². The highest BCUT2D eigenvalue weighted by atomic mass is 35.5. The van der Waals surface area contributed by atoms with Crippen LogP contribution >= 0.6 is 24.8 Å². The molecule has 1 aromatic rings. The van der Waals surface area contributed by atoms with Crippen LogP contribution in [-0.4, -0.2) is 43.7 Å². The molecule has 0 bridgehead atoms. The Morgan fingerprint density at radius 2 is 1.95 bits per heavy atom. The van der Waals surface area contributed by atoms with Gasteiger partial charge in [-0.15, -0.1) is 24.8 Å². The van der Waals surface area contributed by atoms with Crippen LogP contribution in [0.25, 0.3) is 0 Å². The third-order valence-electron chi connectivity index (χ3n) is 3.26. The lowest BCUT2D eigenvalue weighted by atomic mass is 10.2. The van der Waals surface area contributed by atoms with Gasteiger partial charge in [0.05, 0.1) is 0 Å². The molecule has 0 radical (unpaired) electrons. The van der Waals surface area contributed by atoms with Gasteiger partial charge in [-0.1, -0.05) is 12.1 Å². The van der Waals surface area contributed by atoms with Gasteiger partial charge in [0, 0.05) is 32.2 Å². The third kappa shape index (κ3) is 6.00. The zero-order chi connectivity index (χ0) is 12.1. The SMILES string of the molecule is Cc1cccc(OCC(C)N2CCNCC2)c1.Cl.Cl. The highest BCUT2D eigenvalue weighted by Gasteiger charge is 2.16. The molecule has 2 rings (SSSR count). The first-order valence-electron chi connectivity index (χ1n) is 6.40. The molecule has 0 amide bonds. The van der Waals surface area contributed by atoms with Gasteiger partial charge < -0.3 is 10.1 Å². The summed E-state index contributed by atoms with van der Waals surface area (Å²) in [4.78, 5) is 2.48. The number of halogens is 2. The molecule has 1 saturated heterocycles. The van der Waals surface area contributed by atoms with Crippen molar-refractivity contribution in [2.24, 2.45) is 0 Å². The van der Waals surface area contributed by atoms with E-state index in [1.807, 2.05) is 12.1 Å². The predicted octanol–water partition coefficient (Wildman–Crippen LogP) is 2.51. The number of aryl methyl sites for hydroxylation is 1. The Kier molecular flexibility index (Phi) is 9.19. The van der Waals surface area contributed by atoms with Crippen molar-refractivity contribution >= 4 is 24.8 Å². The van der Waals surface area contributed by atoms with Crippen LogP contribution in [0.3, 0.4) is 0 Å². The van der Waals surface area contributed by atoms with Crippen molar-refractivity contribution < 1.29 is 4.74 Å². The summed E-state index contributed by atoms with van der Waals surface area (Å²) >= 11 is 0. The fraction of sp³-hybridized carbons (Fsp3) is 0.571. The lowest BCUT2D eigenvalue weighted by molar-refractivity contribution is 0.132. The average Bonchev–Trinajstić information content (AvgIpc) is 2.37. The zero-order valence-electron chi connectivity index (χ0n) is 11.6. The number of nitrogens with zero attached hydrogens (tertiary/aromatic N) is 1. The smallest absolute Gasteiger partial charge is 0.119 e. The first kappa shape index (κ1) is 18.5. The topological polar surface area (TPSA) is 24.5 Å². The summed E-state index contributed by atoms with van der Waals surface area (Å²) in [5, 5.41) is 3.37. The Morgan fingerprint density at radius 1 is 1.26 bits per heavy atom. The Labute approximate surface area is 128 Å². The molecule has 3 nitrogen and oxygen atoms in total. The van der Waals surface area contributed by atoms with Gasteiger partial charge in [-0.2, -0.15) is 0 Å². The summed E-state index contributed by atoms with van der Waals surface area (Å²) in [6.07, 6.45) is 0. The summed E-state index contributed by atoms with van der Waals surface area (Å²) < 4.78 is 5.84. The van der Waals surface area contributed by atoms with Gasteiger partial charge in [0.15, 0.2) is 0 Å². The molecular formula is C14H24Cl2N2O. The number of ether oxygens (including phenoxy) is 1. The molecule has 1 aliphatic heterocycles. The van der Waals surface area contributed by atoms with Crippen molar-refractivity contribution in [1.82, 2.24) is 10.2 Å². The minimum atomic E-state index is 0. The van der Waals surface area contributed by atoms with Gasteiger partial charge in [0.25, 0.3) is 0 Å². The van der Waals surface area contributed by atoms with Crippen LogP contribution in [0, 0.1) is 6.92 Å². The van der Waals surface area contributed by atoms with E-state index in [-0.39, 0.29) is 24.8 Å². The molecule has 1 N–H and O–H groups in total. The Bertz CT molecular complexity index is 357. The van der Waals surface area contributed by atoms with Gasteiger partial charge in [0.2, 0.25) is 0 Å². The van der Waals surface area contributed by atoms with E-state index in [0.717, 1.165) is 38.5 Å². The lowest BCUT2D eigenvalue weighted by Crippen LogP contribution is -2.49. The van der Waals surface area contributed by atoms with E-state index in [9.17, 15) is 0 Å². The van der Waals surface area contributed by atoms with Crippen molar-refractivity contribution in [3.8, 4) is 5.75 Å². The Morgan fingerprint density at radius 3 is 2.58 bits per heavy atom. The Hall–Kier alpha value is -0.480. The molecule has 0 aliphatic carbocycles. The summed E-state index contributed by atoms with van der Waals surface area (Å²) in [5.74, 6) is 0.979. The first-order chi connectivity index (χ1) is 8.25. The second-order valence-corrected chi connectivity index (χ2v) is 4.76. The number of benzene rings is 1. The molecule has 0 saturated carbocycles. The molecule has 0 aromatic heterocycles. The van der Waals surface area contributed by atoms with Crippen LogP contribution in [0.15, 0.2) is 24.3 Å². The minimum absolute atomic E-state index is 0. The highest BCUT2D eigenvalue weighted by Crippen LogP contribution is 2.13. The van der Waals surface area contributed by atoms with Crippen LogP contribution in [0.4, 0.5) is 0 Å². The molecule has 1 heterocycles. The van der Waals surface area contributed by atoms with Crippen molar-refractivity contribution in [1.29, 1.82) is 0 Å². The van der Waals surface area contributed by atoms with Crippen LogP contribution in [0.1, 0.15) is 12.5 Å². The maximum absolute atomic E-state index is 5.84. The quantitative estimate of drug-likeness (QED) is 0.925. The minimum Gasteiger partial charge on any atom is -0.492 e. The summed E-state index contributed by atoms with van der Waals surface area (Å²) in [5.41, 5.74) is 1.25. The fourth-order valence-electron chi connectivity index (χ4n) is 2.15. The molecule has 110 valence electrons. The normalized spacial score (nSPS) is 16.9. The maximum atomic E-state index is 5.84. The summed E-state index contributed by atoms with van der Waals surface area (Å²) in [6.45, 7) is 9.53. The van der Waals surface area contributed by atoms with Crippen LogP contribution in [0.5, 0.6) is 5.75 Å². The summed E-state index contributed by atoms with van der Waals surface area (Å²) in [6, 6.07) is 8.73. The van der Waals surface area contributed by atoms with Crippen molar-refractivity contribution in [2.45, 2.75) is 19.9 Å². The molecule has 1 aromatic carbocycles. The second kappa shape index (κ2) is 9.43. The molecule has 1 unspecified atom stereocenters. The third-order valence-corrected chi connectivity index (χ3v) is 3.26. The average molecular weight is 307 g/mol. The van der Waals surface area contributed by atoms with E-state index in [4.69, 9.17) is 4.74 Å². The molecular weight excluding hydrogens is 283 g/mol. The number of nitrogens with one attached hydrogen (secondary N) is 1. The molecule has 0 spiro atoms. The van der Waals surface area contributed by atoms with Crippen LogP contribution in [-0.2, 0) is 0 Å². The monoisotopic (exact) mass is 306 g/mol. The van der Waals surface area contributed by atoms with E-state index < -0.39 is 0 Å². The Balaban J connectivity index is 0.00000162. The highest BCUT2D eigenvalue weighted by molar-refractivity contribution is 5.85. The molecule has 1 fully saturated rings. The van der Waals surface area contributed by atoms with Crippen molar-refractivity contribution in [2.75, 3.05) is 32.8 Å². The molecule has 5 heteroatoms. The second-order valence-electron chi connectivity index (χ2n) is 4.76. The first-order valence-corrected chi connectivity index (χ1v) is 6.40. The van der Waals surface area contributed by atoms with E-state index in [1.54, 1.807) is 0 Å². The van der Waals surface area contributed by atoms with Gasteiger partial charge >= 0.3 is 0 Å². The number of hydrogen-bond acceptors (Lipinski definition) is 3. The summed E-state index contributed by atoms with van der Waals surface area (Å²) in [7, 11) is 0. The van der Waals surface area contributed by atoms with E-state index in [0.29, 0.717) is 6.04 Å². The zero-order valence-corrected chi connectivity index (χ0v) is 13.2. The lowest BCUT2D eigenvalue weighted by Gasteiger charge is -2.32. The van der Waals surface area contributed by atoms with Crippen LogP contribution < -0.4 is 10.1 Å². The number of rotatable bonds is 4. The van der Waals surface area contributed by atoms with E-state index in [1.165, 1.54) is 5.56 Å². The number of hydrogen-bond donors (Lipinski definition) is 1. The van der Waals surface area contributed by atoms with Gasteiger partial charge in [-0.3, -0.25) is 4.90 Å². The predicted molar refractivity (Wildman–Crippen MR) is 85.1 cm³/mol. The van der Waals surface area contributed by atoms with Gasteiger partial charge in [0.1, 0.15) is 12.4 Å². The van der Waals surface area contributed by atoms with E-state index >= 15 is 0 Å². The standard InChI is InChI=1S/C14H22N2O.2ClH/c1-12-4-3-5-14(10-12)17-11-13(2)16-8-6-15-7-9-16;;/h3-5,10,13,15H,6-9,11H2,1-2H3;2*1H. The van der Waals surface area contributed by atoms with Gasteiger partial charge in [-0.05, 0) is 31.5 Å². The molecule has 19 heavy (non-hydrogen) atoms. The fourth-order valence-corrected chi connectivity index (χ4v) is 2.15. The van der Waals surface area contributed by atoms with Crippen LogP contribution in [0.2, 0.25) is 0 Å². The van der Waals surface area contributed by atoms with E-state index in [2.05, 4.69) is 36.2 Å². The molecule has 1 aliphatic rings. The van der Waals surface area contributed by atoms with Crippen molar-refractivity contribution in [3.05, 3.63) is 29.8 Å². The maximum Gasteiger partial charge on any atom is 0.119 e. The van der Waals surface area contributed by atoms with Crippen molar-refractivity contribution in [3.63, 3.8) is 0 Å². The largest absolute Gasteiger partial charge is 0.492 e. The molecule has 1 atom stereocenters.